The summed E-state index contributed by atoms with van der Waals surface area (Å²) in [5, 5.41) is 5.65. The molecule has 0 atom stereocenters. The second kappa shape index (κ2) is 4.93. The van der Waals surface area contributed by atoms with E-state index >= 15 is 0 Å². The fraction of sp³-hybridized carbons (Fsp3) is 0. The maximum Gasteiger partial charge on any atom is 0.111 e. The fourth-order valence-electron chi connectivity index (χ4n) is 1.14. The van der Waals surface area contributed by atoms with Crippen molar-refractivity contribution in [2.75, 3.05) is 0 Å². The Labute approximate surface area is 90.7 Å². The summed E-state index contributed by atoms with van der Waals surface area (Å²) in [4.78, 5) is 0. The van der Waals surface area contributed by atoms with Crippen LogP contribution in [0.2, 0.25) is 0 Å². The van der Waals surface area contributed by atoms with Crippen molar-refractivity contribution in [3.63, 3.8) is 0 Å². The normalized spacial score (nSPS) is 10.9. The van der Waals surface area contributed by atoms with Crippen molar-refractivity contribution in [2.45, 2.75) is 0 Å². The molecule has 0 saturated heterocycles. The summed E-state index contributed by atoms with van der Waals surface area (Å²) in [5.41, 5.74) is 3.54. The van der Waals surface area contributed by atoms with E-state index < -0.39 is 0 Å². The molecule has 68 valence electrons. The summed E-state index contributed by atoms with van der Waals surface area (Å²) in [5.74, 6) is 0. The van der Waals surface area contributed by atoms with E-state index in [-0.39, 0.29) is 0 Å². The lowest BCUT2D eigenvalue weighted by molar-refractivity contribution is 1.77. The first-order valence-corrected chi connectivity index (χ1v) is 6.47. The molecular weight excluding hydrogens is 204 g/mol. The average Bonchev–Trinajstić information content (AvgIpc) is 2.72. The summed E-state index contributed by atoms with van der Waals surface area (Å²) >= 11 is 1.74. The summed E-state index contributed by atoms with van der Waals surface area (Å²) < 4.78 is 0. The maximum atomic E-state index is 2.23. The lowest BCUT2D eigenvalue weighted by Gasteiger charge is -1.91. The third kappa shape index (κ3) is 2.69. The van der Waals surface area contributed by atoms with Gasteiger partial charge in [-0.3, -0.25) is 0 Å². The number of thiophene rings is 1. The van der Waals surface area contributed by atoms with Gasteiger partial charge in [0.05, 0.1) is 0 Å². The molecule has 0 saturated carbocycles. The van der Waals surface area contributed by atoms with Gasteiger partial charge in [0.2, 0.25) is 0 Å². The highest BCUT2D eigenvalue weighted by atomic mass is 32.1. The smallest absolute Gasteiger partial charge is 0.111 e. The molecule has 2 radical (unpaired) electrons. The van der Waals surface area contributed by atoms with Gasteiger partial charge >= 0.3 is 0 Å². The molecule has 0 bridgehead atoms. The van der Waals surface area contributed by atoms with Gasteiger partial charge in [-0.2, -0.15) is 11.3 Å². The van der Waals surface area contributed by atoms with Gasteiger partial charge in [0.15, 0.2) is 0 Å². The molecule has 2 heteroatoms. The minimum atomic E-state index is 0.767. The molecule has 0 N–H and O–H groups in total. The van der Waals surface area contributed by atoms with Gasteiger partial charge in [-0.25, -0.2) is 0 Å². The van der Waals surface area contributed by atoms with Crippen LogP contribution in [0, 0.1) is 0 Å². The zero-order valence-electron chi connectivity index (χ0n) is 7.68. The van der Waals surface area contributed by atoms with Crippen molar-refractivity contribution in [3.05, 3.63) is 58.4 Å². The SMILES string of the molecule is C(=C\c1ccsc1)/[Si]c1ccccc1. The van der Waals surface area contributed by atoms with Crippen molar-refractivity contribution < 1.29 is 0 Å². The Morgan fingerprint density at radius 1 is 1.07 bits per heavy atom. The van der Waals surface area contributed by atoms with Gasteiger partial charge in [0.1, 0.15) is 9.52 Å². The predicted molar refractivity (Wildman–Crippen MR) is 65.2 cm³/mol. The summed E-state index contributed by atoms with van der Waals surface area (Å²) in [7, 11) is 0.767. The van der Waals surface area contributed by atoms with Gasteiger partial charge in [-0.15, -0.1) is 0 Å². The van der Waals surface area contributed by atoms with Crippen LogP contribution in [0.25, 0.3) is 6.08 Å². The quantitative estimate of drug-likeness (QED) is 0.689. The Hall–Kier alpha value is -1.12. The molecule has 0 aliphatic carbocycles. The lowest BCUT2D eigenvalue weighted by Crippen LogP contribution is -2.09. The molecule has 1 aromatic heterocycles. The first-order chi connectivity index (χ1) is 6.95. The Morgan fingerprint density at radius 2 is 1.93 bits per heavy atom. The molecule has 2 rings (SSSR count). The van der Waals surface area contributed by atoms with E-state index in [1.165, 1.54) is 10.8 Å². The molecule has 14 heavy (non-hydrogen) atoms. The second-order valence-electron chi connectivity index (χ2n) is 2.90. The van der Waals surface area contributed by atoms with E-state index in [0.29, 0.717) is 0 Å². The van der Waals surface area contributed by atoms with E-state index in [1.807, 2.05) is 0 Å². The molecule has 0 aliphatic heterocycles. The van der Waals surface area contributed by atoms with Crippen molar-refractivity contribution in [3.8, 4) is 0 Å². The highest BCUT2D eigenvalue weighted by Gasteiger charge is 1.88. The van der Waals surface area contributed by atoms with Crippen molar-refractivity contribution >= 4 is 32.1 Å². The first-order valence-electron chi connectivity index (χ1n) is 4.45. The minimum Gasteiger partial charge on any atom is -0.152 e. The monoisotopic (exact) mass is 214 g/mol. The molecular formula is C12H10SSi. The van der Waals surface area contributed by atoms with E-state index in [9.17, 15) is 0 Å². The molecule has 0 unspecified atom stereocenters. The minimum absolute atomic E-state index is 0.767. The third-order valence-electron chi connectivity index (χ3n) is 1.84. The number of rotatable bonds is 3. The summed E-state index contributed by atoms with van der Waals surface area (Å²) in [6.07, 6.45) is 2.18. The zero-order valence-corrected chi connectivity index (χ0v) is 9.50. The molecule has 2 aromatic rings. The largest absolute Gasteiger partial charge is 0.152 e. The van der Waals surface area contributed by atoms with E-state index in [4.69, 9.17) is 0 Å². The van der Waals surface area contributed by atoms with Gasteiger partial charge in [-0.05, 0) is 22.4 Å². The molecule has 0 spiro atoms. The third-order valence-corrected chi connectivity index (χ3v) is 3.54. The van der Waals surface area contributed by atoms with Crippen LogP contribution in [0.4, 0.5) is 0 Å². The van der Waals surface area contributed by atoms with Crippen molar-refractivity contribution in [1.82, 2.24) is 0 Å². The standard InChI is InChI=1S/C12H10SSi/c1-2-4-12(5-3-1)14-9-7-11-6-8-13-10-11/h1-10H/b9-7+. The van der Waals surface area contributed by atoms with Crippen LogP contribution < -0.4 is 5.19 Å². The molecule has 1 aromatic carbocycles. The van der Waals surface area contributed by atoms with E-state index in [0.717, 1.165) is 9.52 Å². The first kappa shape index (κ1) is 9.43. The van der Waals surface area contributed by atoms with Gasteiger partial charge in [0.25, 0.3) is 0 Å². The van der Waals surface area contributed by atoms with Crippen LogP contribution in [0.15, 0.2) is 52.9 Å². The maximum absolute atomic E-state index is 2.23. The summed E-state index contributed by atoms with van der Waals surface area (Å²) in [6, 6.07) is 12.7. The predicted octanol–water partition coefficient (Wildman–Crippen LogP) is 2.75. The number of benzene rings is 1. The van der Waals surface area contributed by atoms with Crippen LogP contribution in [0.1, 0.15) is 5.56 Å². The van der Waals surface area contributed by atoms with Gasteiger partial charge in [-0.1, -0.05) is 47.3 Å². The van der Waals surface area contributed by atoms with Crippen LogP contribution in [-0.2, 0) is 0 Å². The Balaban J connectivity index is 1.95. The van der Waals surface area contributed by atoms with Crippen molar-refractivity contribution in [2.24, 2.45) is 0 Å². The molecule has 0 nitrogen and oxygen atoms in total. The fourth-order valence-corrected chi connectivity index (χ4v) is 2.62. The van der Waals surface area contributed by atoms with Crippen LogP contribution in [0.3, 0.4) is 0 Å². The van der Waals surface area contributed by atoms with Crippen LogP contribution >= 0.6 is 11.3 Å². The highest BCUT2D eigenvalue weighted by molar-refractivity contribution is 7.08. The zero-order chi connectivity index (χ0) is 9.64. The topological polar surface area (TPSA) is 0 Å². The lowest BCUT2D eigenvalue weighted by atomic mass is 10.3. The Morgan fingerprint density at radius 3 is 2.64 bits per heavy atom. The van der Waals surface area contributed by atoms with Crippen molar-refractivity contribution in [1.29, 1.82) is 0 Å². The van der Waals surface area contributed by atoms with Crippen LogP contribution in [-0.4, -0.2) is 9.52 Å². The van der Waals surface area contributed by atoms with Gasteiger partial charge < -0.3 is 0 Å². The van der Waals surface area contributed by atoms with Crippen LogP contribution in [0.5, 0.6) is 0 Å². The Bertz CT molecular complexity index is 390. The highest BCUT2D eigenvalue weighted by Crippen LogP contribution is 2.06. The Kier molecular flexibility index (Phi) is 3.32. The van der Waals surface area contributed by atoms with E-state index in [2.05, 4.69) is 58.9 Å². The second-order valence-corrected chi connectivity index (χ2v) is 4.88. The number of hydrogen-bond acceptors (Lipinski definition) is 1. The number of hydrogen-bond donors (Lipinski definition) is 0. The summed E-state index contributed by atoms with van der Waals surface area (Å²) in [6.45, 7) is 0. The molecule has 1 heterocycles. The molecule has 0 aliphatic rings. The average molecular weight is 214 g/mol. The molecule has 0 fully saturated rings. The van der Waals surface area contributed by atoms with E-state index in [1.54, 1.807) is 11.3 Å². The molecule has 0 amide bonds. The van der Waals surface area contributed by atoms with Gasteiger partial charge in [0, 0.05) is 0 Å².